The van der Waals surface area contributed by atoms with E-state index in [-0.39, 0.29) is 4.90 Å². The molecular weight excluding hydrogens is 372 g/mol. The van der Waals surface area contributed by atoms with Crippen molar-refractivity contribution in [3.63, 3.8) is 0 Å². The van der Waals surface area contributed by atoms with Crippen molar-refractivity contribution in [1.29, 1.82) is 0 Å². The van der Waals surface area contributed by atoms with Gasteiger partial charge in [-0.05, 0) is 30.7 Å². The van der Waals surface area contributed by atoms with E-state index in [2.05, 4.69) is 15.9 Å². The molecule has 0 bridgehead atoms. The topological polar surface area (TPSA) is 77.9 Å². The Hall–Kier alpha value is -0.960. The molecule has 0 aliphatic carbocycles. The fourth-order valence-electron chi connectivity index (χ4n) is 2.60. The van der Waals surface area contributed by atoms with Crippen LogP contribution in [0.3, 0.4) is 0 Å². The van der Waals surface area contributed by atoms with E-state index < -0.39 is 22.0 Å². The zero-order valence-corrected chi connectivity index (χ0v) is 14.7. The van der Waals surface area contributed by atoms with Crippen molar-refractivity contribution in [3.8, 4) is 0 Å². The first-order valence-electron chi connectivity index (χ1n) is 7.09. The number of nitrogens with zero attached hydrogens (tertiary/aromatic N) is 2. The van der Waals surface area contributed by atoms with Crippen LogP contribution in [0.1, 0.15) is 13.3 Å². The van der Waals surface area contributed by atoms with Crippen molar-refractivity contribution in [2.45, 2.75) is 24.3 Å². The number of benzene rings is 1. The minimum Gasteiger partial charge on any atom is -0.480 e. The van der Waals surface area contributed by atoms with Crippen LogP contribution in [0.25, 0.3) is 0 Å². The molecule has 1 heterocycles. The molecule has 1 fully saturated rings. The molecule has 0 radical (unpaired) electrons. The molecule has 1 aliphatic heterocycles. The van der Waals surface area contributed by atoms with Crippen molar-refractivity contribution in [1.82, 2.24) is 9.21 Å². The lowest BCUT2D eigenvalue weighted by molar-refractivity contribution is -0.143. The summed E-state index contributed by atoms with van der Waals surface area (Å²) in [6.45, 7) is 3.30. The number of piperazine rings is 1. The third-order valence-electron chi connectivity index (χ3n) is 3.84. The van der Waals surface area contributed by atoms with Crippen LogP contribution in [0.5, 0.6) is 0 Å². The van der Waals surface area contributed by atoms with Crippen molar-refractivity contribution in [3.05, 3.63) is 28.7 Å². The molecule has 1 N–H and O–H groups in total. The van der Waals surface area contributed by atoms with Crippen molar-refractivity contribution in [2.75, 3.05) is 26.2 Å². The van der Waals surface area contributed by atoms with Crippen molar-refractivity contribution in [2.24, 2.45) is 0 Å². The maximum Gasteiger partial charge on any atom is 0.320 e. The zero-order valence-electron chi connectivity index (χ0n) is 12.3. The van der Waals surface area contributed by atoms with E-state index in [0.29, 0.717) is 32.6 Å². The largest absolute Gasteiger partial charge is 0.480 e. The summed E-state index contributed by atoms with van der Waals surface area (Å²) >= 11 is 3.28. The summed E-state index contributed by atoms with van der Waals surface area (Å²) in [4.78, 5) is 13.3. The fourth-order valence-corrected chi connectivity index (χ4v) is 4.29. The average molecular weight is 391 g/mol. The summed E-state index contributed by atoms with van der Waals surface area (Å²) in [6, 6.07) is 5.98. The summed E-state index contributed by atoms with van der Waals surface area (Å²) in [7, 11) is -3.52. The molecule has 8 heteroatoms. The highest BCUT2D eigenvalue weighted by Crippen LogP contribution is 2.21. The molecule has 122 valence electrons. The van der Waals surface area contributed by atoms with E-state index in [1.165, 1.54) is 4.31 Å². The second-order valence-electron chi connectivity index (χ2n) is 5.16. The lowest BCUT2D eigenvalue weighted by atomic mass is 10.1. The Morgan fingerprint density at radius 2 is 1.77 bits per heavy atom. The Morgan fingerprint density at radius 1 is 1.23 bits per heavy atom. The normalized spacial score (nSPS) is 19.0. The molecule has 6 nitrogen and oxygen atoms in total. The number of carboxylic acid groups (broad SMARTS) is 1. The second-order valence-corrected chi connectivity index (χ2v) is 8.01. The van der Waals surface area contributed by atoms with Crippen LogP contribution in [0, 0.1) is 0 Å². The second kappa shape index (κ2) is 7.08. The number of hydrogen-bond donors (Lipinski definition) is 1. The van der Waals surface area contributed by atoms with Gasteiger partial charge in [-0.2, -0.15) is 4.31 Å². The van der Waals surface area contributed by atoms with E-state index in [1.54, 1.807) is 24.3 Å². The van der Waals surface area contributed by atoms with Crippen LogP contribution in [0.15, 0.2) is 33.6 Å². The van der Waals surface area contributed by atoms with Crippen LogP contribution < -0.4 is 0 Å². The first kappa shape index (κ1) is 17.4. The number of aliphatic carboxylic acids is 1. The summed E-state index contributed by atoms with van der Waals surface area (Å²) in [5, 5.41) is 9.18. The van der Waals surface area contributed by atoms with Gasteiger partial charge in [-0.25, -0.2) is 8.42 Å². The zero-order chi connectivity index (χ0) is 16.3. The maximum absolute atomic E-state index is 12.6. The Balaban J connectivity index is 2.07. The molecule has 0 saturated carbocycles. The molecule has 22 heavy (non-hydrogen) atoms. The van der Waals surface area contributed by atoms with Gasteiger partial charge in [0.25, 0.3) is 0 Å². The summed E-state index contributed by atoms with van der Waals surface area (Å²) in [5.41, 5.74) is 0. The van der Waals surface area contributed by atoms with Gasteiger partial charge in [-0.1, -0.05) is 22.9 Å². The molecule has 1 unspecified atom stereocenters. The Morgan fingerprint density at radius 3 is 2.23 bits per heavy atom. The highest BCUT2D eigenvalue weighted by molar-refractivity contribution is 9.10. The van der Waals surface area contributed by atoms with Crippen LogP contribution in [-0.2, 0) is 14.8 Å². The predicted molar refractivity (Wildman–Crippen MR) is 86.2 cm³/mol. The van der Waals surface area contributed by atoms with E-state index in [0.717, 1.165) is 4.47 Å². The molecule has 1 aromatic rings. The Bertz CT molecular complexity index is 625. The molecule has 0 aromatic heterocycles. The monoisotopic (exact) mass is 390 g/mol. The first-order valence-corrected chi connectivity index (χ1v) is 9.32. The van der Waals surface area contributed by atoms with Gasteiger partial charge in [0.1, 0.15) is 6.04 Å². The van der Waals surface area contributed by atoms with Gasteiger partial charge < -0.3 is 5.11 Å². The number of carbonyl (C=O) groups is 1. The SMILES string of the molecule is CCC(C(=O)O)N1CCN(S(=O)(=O)c2ccc(Br)cc2)CC1. The number of sulfonamides is 1. The number of rotatable bonds is 5. The average Bonchev–Trinajstić information content (AvgIpc) is 2.48. The lowest BCUT2D eigenvalue weighted by Crippen LogP contribution is -2.53. The Kier molecular flexibility index (Phi) is 5.60. The number of halogens is 1. The van der Waals surface area contributed by atoms with Crippen LogP contribution in [0.4, 0.5) is 0 Å². The third-order valence-corrected chi connectivity index (χ3v) is 6.28. The standard InChI is InChI=1S/C14H19BrN2O4S/c1-2-13(14(18)19)16-7-9-17(10-8-16)22(20,21)12-5-3-11(15)4-6-12/h3-6,13H,2,7-10H2,1H3,(H,18,19). The maximum atomic E-state index is 12.6. The van der Waals surface area contributed by atoms with Crippen LogP contribution in [-0.4, -0.2) is 60.9 Å². The van der Waals surface area contributed by atoms with Gasteiger partial charge in [-0.3, -0.25) is 9.69 Å². The van der Waals surface area contributed by atoms with E-state index in [9.17, 15) is 18.3 Å². The minimum absolute atomic E-state index is 0.259. The molecule has 0 amide bonds. The highest BCUT2D eigenvalue weighted by atomic mass is 79.9. The first-order chi connectivity index (χ1) is 10.4. The number of carboxylic acids is 1. The van der Waals surface area contributed by atoms with Crippen LogP contribution >= 0.6 is 15.9 Å². The van der Waals surface area contributed by atoms with Gasteiger partial charge in [0.15, 0.2) is 0 Å². The summed E-state index contributed by atoms with van der Waals surface area (Å²) in [6.07, 6.45) is 0.509. The fraction of sp³-hybridized carbons (Fsp3) is 0.500. The minimum atomic E-state index is -3.52. The highest BCUT2D eigenvalue weighted by Gasteiger charge is 2.32. The predicted octanol–water partition coefficient (Wildman–Crippen LogP) is 1.62. The van der Waals surface area contributed by atoms with E-state index in [4.69, 9.17) is 0 Å². The van der Waals surface area contributed by atoms with Gasteiger partial charge in [0.05, 0.1) is 4.90 Å². The quantitative estimate of drug-likeness (QED) is 0.826. The van der Waals surface area contributed by atoms with E-state index in [1.807, 2.05) is 11.8 Å². The number of hydrogen-bond acceptors (Lipinski definition) is 4. The molecule has 1 aromatic carbocycles. The van der Waals surface area contributed by atoms with Gasteiger partial charge in [-0.15, -0.1) is 0 Å². The van der Waals surface area contributed by atoms with Gasteiger partial charge in [0.2, 0.25) is 10.0 Å². The van der Waals surface area contributed by atoms with Crippen molar-refractivity contribution >= 4 is 31.9 Å². The van der Waals surface area contributed by atoms with E-state index >= 15 is 0 Å². The lowest BCUT2D eigenvalue weighted by Gasteiger charge is -2.36. The van der Waals surface area contributed by atoms with Gasteiger partial charge in [0, 0.05) is 30.7 Å². The molecule has 2 rings (SSSR count). The molecular formula is C14H19BrN2O4S. The Labute approximate surface area is 138 Å². The molecule has 1 saturated heterocycles. The molecule has 1 atom stereocenters. The summed E-state index contributed by atoms with van der Waals surface area (Å²) in [5.74, 6) is -0.855. The summed E-state index contributed by atoms with van der Waals surface area (Å²) < 4.78 is 27.3. The van der Waals surface area contributed by atoms with Gasteiger partial charge >= 0.3 is 5.97 Å². The third kappa shape index (κ3) is 3.68. The van der Waals surface area contributed by atoms with Crippen molar-refractivity contribution < 1.29 is 18.3 Å². The molecule has 1 aliphatic rings. The smallest absolute Gasteiger partial charge is 0.320 e. The molecule has 0 spiro atoms. The van der Waals surface area contributed by atoms with Crippen LogP contribution in [0.2, 0.25) is 0 Å².